The Bertz CT molecular complexity index is 1440. The molecule has 0 spiro atoms. The van der Waals surface area contributed by atoms with Crippen LogP contribution in [0.5, 0.6) is 11.5 Å². The molecule has 0 saturated heterocycles. The normalized spacial score (nSPS) is 15.2. The second-order valence-electron chi connectivity index (χ2n) is 9.46. The number of rotatable bonds is 8. The van der Waals surface area contributed by atoms with Crippen molar-refractivity contribution in [3.8, 4) is 11.5 Å². The third-order valence-electron chi connectivity index (χ3n) is 6.55. The van der Waals surface area contributed by atoms with Crippen molar-refractivity contribution in [1.82, 2.24) is 5.32 Å². The molecule has 11 heteroatoms. The van der Waals surface area contributed by atoms with Crippen molar-refractivity contribution >= 4 is 16.1 Å². The van der Waals surface area contributed by atoms with E-state index in [1.807, 2.05) is 36.4 Å². The number of aliphatic hydroxyl groups excluding tert-OH is 1. The van der Waals surface area contributed by atoms with Crippen molar-refractivity contribution in [2.24, 2.45) is 10.7 Å². The Balaban J connectivity index is 0.00000441. The average molecular weight is 574 g/mol. The molecule has 1 heterocycles. The first kappa shape index (κ1) is 31.7. The number of nitrogens with two attached hydrogens (primary N) is 1. The zero-order valence-electron chi connectivity index (χ0n) is 22.4. The molecule has 40 heavy (non-hydrogen) atoms. The fourth-order valence-corrected chi connectivity index (χ4v) is 5.16. The number of nitrogens with zero attached hydrogens (tertiary/aromatic N) is 1. The minimum absolute atomic E-state index is 0. The number of ether oxygens (including phenoxy) is 1. The van der Waals surface area contributed by atoms with Crippen LogP contribution in [0.2, 0.25) is 0 Å². The molecule has 0 unspecified atom stereocenters. The Morgan fingerprint density at radius 2 is 1.85 bits per heavy atom. The van der Waals surface area contributed by atoms with E-state index >= 15 is 0 Å². The van der Waals surface area contributed by atoms with E-state index in [0.29, 0.717) is 30.7 Å². The van der Waals surface area contributed by atoms with Crippen molar-refractivity contribution in [3.63, 3.8) is 0 Å². The zero-order valence-corrected chi connectivity index (χ0v) is 25.2. The van der Waals surface area contributed by atoms with Crippen LogP contribution in [-0.2, 0) is 29.5 Å². The van der Waals surface area contributed by atoms with E-state index in [4.69, 9.17) is 10.5 Å². The maximum atomic E-state index is 12.0. The van der Waals surface area contributed by atoms with E-state index in [1.165, 1.54) is 24.3 Å². The van der Waals surface area contributed by atoms with Gasteiger partial charge in [0.15, 0.2) is 12.7 Å². The zero-order chi connectivity index (χ0) is 27.8. The number of phenols is 1. The first-order valence-electron chi connectivity index (χ1n) is 12.6. The van der Waals surface area contributed by atoms with Gasteiger partial charge in [-0.25, -0.2) is 13.4 Å². The number of benzene rings is 3. The molecule has 5 N–H and O–H groups in total. The predicted molar refractivity (Wildman–Crippen MR) is 148 cm³/mol. The maximum absolute atomic E-state index is 12.0. The second-order valence-corrected chi connectivity index (χ2v) is 11.1. The molecule has 2 atom stereocenters. The molecule has 0 aromatic heterocycles. The van der Waals surface area contributed by atoms with Crippen LogP contribution in [-0.4, -0.2) is 41.1 Å². The molecule has 9 nitrogen and oxygen atoms in total. The van der Waals surface area contributed by atoms with Gasteiger partial charge in [0.25, 0.3) is 0 Å². The summed E-state index contributed by atoms with van der Waals surface area (Å²) in [5, 5.41) is 21.6. The van der Waals surface area contributed by atoms with Gasteiger partial charge in [-0.05, 0) is 65.3 Å². The van der Waals surface area contributed by atoms with Gasteiger partial charge in [0.05, 0.1) is 21.5 Å². The van der Waals surface area contributed by atoms with Crippen LogP contribution in [0.1, 0.15) is 46.8 Å². The smallest absolute Gasteiger partial charge is 0.748 e. The molecule has 1 aliphatic rings. The summed E-state index contributed by atoms with van der Waals surface area (Å²) in [7, 11) is -4.56. The van der Waals surface area contributed by atoms with E-state index in [-0.39, 0.29) is 60.8 Å². The fourth-order valence-electron chi connectivity index (χ4n) is 4.41. The summed E-state index contributed by atoms with van der Waals surface area (Å²) in [5.41, 5.74) is 10.4. The Labute approximate surface area is 256 Å². The van der Waals surface area contributed by atoms with Crippen LogP contribution in [0.15, 0.2) is 83.9 Å². The SMILES string of the molecule is NC1=NCOc2ccc(CC[C@H](C/C=C/[C@@H](O)c3ccc(O)cc3)S(=O)(=O)[O-])cc2Cc2cccc(c2)CN1.[Na+]. The van der Waals surface area contributed by atoms with E-state index in [9.17, 15) is 23.2 Å². The van der Waals surface area contributed by atoms with Crippen LogP contribution < -0.4 is 45.3 Å². The number of fused-ring (bicyclic) bond motifs is 3. The number of aliphatic hydroxyl groups is 1. The number of aryl methyl sites for hydroxylation is 1. The van der Waals surface area contributed by atoms with E-state index in [0.717, 1.165) is 22.3 Å². The minimum Gasteiger partial charge on any atom is -0.748 e. The number of allylic oxidation sites excluding steroid dienone is 1. The fraction of sp³-hybridized carbons (Fsp3) is 0.276. The molecule has 0 amide bonds. The topological polar surface area (TPSA) is 157 Å². The molecule has 206 valence electrons. The molecule has 2 bridgehead atoms. The number of guanidine groups is 1. The average Bonchev–Trinajstić information content (AvgIpc) is 2.89. The van der Waals surface area contributed by atoms with Gasteiger partial charge in [-0.15, -0.1) is 0 Å². The van der Waals surface area contributed by atoms with Crippen LogP contribution in [0.25, 0.3) is 0 Å². The first-order valence-corrected chi connectivity index (χ1v) is 14.1. The van der Waals surface area contributed by atoms with Gasteiger partial charge in [0.2, 0.25) is 0 Å². The van der Waals surface area contributed by atoms with Gasteiger partial charge < -0.3 is 30.6 Å². The van der Waals surface area contributed by atoms with Gasteiger partial charge in [-0.2, -0.15) is 0 Å². The first-order chi connectivity index (χ1) is 18.7. The van der Waals surface area contributed by atoms with Crippen LogP contribution in [0.3, 0.4) is 0 Å². The molecule has 0 aliphatic carbocycles. The molecule has 0 fully saturated rings. The number of hydrogen-bond donors (Lipinski definition) is 4. The minimum atomic E-state index is -4.56. The van der Waals surface area contributed by atoms with E-state index in [1.54, 1.807) is 12.1 Å². The number of aliphatic imine (C=N–C) groups is 1. The molecule has 4 rings (SSSR count). The largest absolute Gasteiger partial charge is 1.00 e. The van der Waals surface area contributed by atoms with Gasteiger partial charge in [0, 0.05) is 13.0 Å². The van der Waals surface area contributed by atoms with E-state index < -0.39 is 21.5 Å². The van der Waals surface area contributed by atoms with Crippen molar-refractivity contribution in [3.05, 3.63) is 107 Å². The Hall–Kier alpha value is -2.86. The Kier molecular flexibility index (Phi) is 11.6. The predicted octanol–water partition coefficient (Wildman–Crippen LogP) is 0.268. The summed E-state index contributed by atoms with van der Waals surface area (Å²) >= 11 is 0. The summed E-state index contributed by atoms with van der Waals surface area (Å²) < 4.78 is 41.8. The molecule has 1 aliphatic heterocycles. The number of nitrogens with one attached hydrogen (secondary N) is 1. The third kappa shape index (κ3) is 9.36. The van der Waals surface area contributed by atoms with Gasteiger partial charge in [-0.3, -0.25) is 0 Å². The van der Waals surface area contributed by atoms with Crippen LogP contribution in [0, 0.1) is 0 Å². The number of hydrogen-bond acceptors (Lipinski definition) is 9. The Morgan fingerprint density at radius 3 is 2.60 bits per heavy atom. The van der Waals surface area contributed by atoms with Crippen molar-refractivity contribution in [2.45, 2.75) is 43.6 Å². The summed E-state index contributed by atoms with van der Waals surface area (Å²) in [5.74, 6) is 1.02. The van der Waals surface area contributed by atoms with E-state index in [2.05, 4.69) is 16.4 Å². The molecule has 0 saturated carbocycles. The van der Waals surface area contributed by atoms with Gasteiger partial charge in [0.1, 0.15) is 11.5 Å². The molecular formula is C29H32N3NaO6S. The third-order valence-corrected chi connectivity index (χ3v) is 7.80. The van der Waals surface area contributed by atoms with Crippen LogP contribution >= 0.6 is 0 Å². The molecule has 0 radical (unpaired) electrons. The Morgan fingerprint density at radius 1 is 1.10 bits per heavy atom. The van der Waals surface area contributed by atoms with Crippen LogP contribution in [0.4, 0.5) is 0 Å². The summed E-state index contributed by atoms with van der Waals surface area (Å²) in [4.78, 5) is 4.19. The molecular weight excluding hydrogens is 541 g/mol. The molecule has 3 aromatic carbocycles. The maximum Gasteiger partial charge on any atom is 1.00 e. The second kappa shape index (κ2) is 14.7. The van der Waals surface area contributed by atoms with Crippen molar-refractivity contribution in [2.75, 3.05) is 6.73 Å². The van der Waals surface area contributed by atoms with Gasteiger partial charge in [-0.1, -0.05) is 60.7 Å². The quantitative estimate of drug-likeness (QED) is 0.170. The summed E-state index contributed by atoms with van der Waals surface area (Å²) in [6.45, 7) is 0.597. The number of aromatic hydroxyl groups is 1. The van der Waals surface area contributed by atoms with Crippen molar-refractivity contribution in [1.29, 1.82) is 0 Å². The van der Waals surface area contributed by atoms with Crippen molar-refractivity contribution < 1.29 is 57.5 Å². The summed E-state index contributed by atoms with van der Waals surface area (Å²) in [6.07, 6.45) is 3.08. The molecule has 3 aromatic rings. The number of phenolic OH excluding ortho intramolecular Hbond substituents is 1. The monoisotopic (exact) mass is 573 g/mol. The standard InChI is InChI=1S/C29H33N3O6S.Na/c30-29-31-18-22-4-1-3-21(15-22)17-24-16-20(8-14-28(24)38-19-32-29)7-13-26(39(35,36)37)5-2-6-27(34)23-9-11-25(33)12-10-23;/h1-4,6,8-12,14-16,26-27,33-34H,5,7,13,17-19H2,(H3,30,31,32)(H,35,36,37);/q;+1/p-1/b6-2+;/t26-,27+;/m0./s1. The van der Waals surface area contributed by atoms with Gasteiger partial charge >= 0.3 is 29.6 Å². The summed E-state index contributed by atoms with van der Waals surface area (Å²) in [6, 6.07) is 19.8.